The number of anilines is 1. The number of nitrogens with zero attached hydrogens (tertiary/aromatic N) is 1. The highest BCUT2D eigenvalue weighted by Crippen LogP contribution is 2.37. The van der Waals surface area contributed by atoms with Gasteiger partial charge in [0.15, 0.2) is 0 Å². The quantitative estimate of drug-likeness (QED) is 0.831. The number of nitrogens with one attached hydrogen (secondary N) is 1. The maximum absolute atomic E-state index is 12.9. The molecule has 20 heavy (non-hydrogen) atoms. The lowest BCUT2D eigenvalue weighted by atomic mass is 10.1. The summed E-state index contributed by atoms with van der Waals surface area (Å²) in [6, 6.07) is 6.60. The molecule has 0 saturated heterocycles. The Morgan fingerprint density at radius 1 is 1.15 bits per heavy atom. The van der Waals surface area contributed by atoms with Crippen LogP contribution in [0.15, 0.2) is 30.3 Å². The average Bonchev–Trinajstić information content (AvgIpc) is 2.40. The minimum absolute atomic E-state index is 0.103. The van der Waals surface area contributed by atoms with E-state index in [0.29, 0.717) is 5.56 Å². The van der Waals surface area contributed by atoms with Gasteiger partial charge in [0.2, 0.25) is 0 Å². The van der Waals surface area contributed by atoms with Gasteiger partial charge in [0, 0.05) is 12.6 Å². The molecular formula is C13H9Cl2F3N2. The van der Waals surface area contributed by atoms with Gasteiger partial charge in [-0.3, -0.25) is 0 Å². The van der Waals surface area contributed by atoms with E-state index in [-0.39, 0.29) is 21.6 Å². The van der Waals surface area contributed by atoms with Crippen molar-refractivity contribution >= 4 is 29.0 Å². The van der Waals surface area contributed by atoms with E-state index in [4.69, 9.17) is 23.2 Å². The first kappa shape index (κ1) is 14.9. The molecule has 1 aromatic heterocycles. The standard InChI is InChI=1S/C13H9Cl2F3N2/c1-19-11-6-7(13(16,17)18)5-10(20-11)8-3-2-4-9(14)12(8)15/h2-6H,1H3,(H,19,20). The second kappa shape index (κ2) is 5.50. The summed E-state index contributed by atoms with van der Waals surface area (Å²) in [5.41, 5.74) is -0.346. The molecule has 1 aromatic carbocycles. The Bertz CT molecular complexity index is 642. The molecule has 0 aliphatic heterocycles. The van der Waals surface area contributed by atoms with Gasteiger partial charge in [0.1, 0.15) is 5.82 Å². The summed E-state index contributed by atoms with van der Waals surface area (Å²) < 4.78 is 38.6. The molecule has 0 radical (unpaired) electrons. The summed E-state index contributed by atoms with van der Waals surface area (Å²) >= 11 is 11.9. The van der Waals surface area contributed by atoms with Crippen molar-refractivity contribution in [1.82, 2.24) is 4.98 Å². The zero-order chi connectivity index (χ0) is 14.9. The number of pyridine rings is 1. The Kier molecular flexibility index (Phi) is 4.11. The number of benzene rings is 1. The van der Waals surface area contributed by atoms with Gasteiger partial charge < -0.3 is 5.32 Å². The van der Waals surface area contributed by atoms with E-state index < -0.39 is 11.7 Å². The molecule has 1 N–H and O–H groups in total. The van der Waals surface area contributed by atoms with Crippen LogP contribution in [0.25, 0.3) is 11.3 Å². The minimum Gasteiger partial charge on any atom is -0.373 e. The van der Waals surface area contributed by atoms with Crippen LogP contribution in [0, 0.1) is 0 Å². The predicted molar refractivity (Wildman–Crippen MR) is 74.2 cm³/mol. The number of aromatic nitrogens is 1. The topological polar surface area (TPSA) is 24.9 Å². The second-order valence-electron chi connectivity index (χ2n) is 3.98. The Morgan fingerprint density at radius 2 is 1.85 bits per heavy atom. The van der Waals surface area contributed by atoms with E-state index in [1.165, 1.54) is 7.05 Å². The molecule has 0 fully saturated rings. The zero-order valence-electron chi connectivity index (χ0n) is 10.2. The van der Waals surface area contributed by atoms with Gasteiger partial charge in [-0.2, -0.15) is 13.2 Å². The highest BCUT2D eigenvalue weighted by Gasteiger charge is 2.32. The molecule has 7 heteroatoms. The van der Waals surface area contributed by atoms with Crippen LogP contribution >= 0.6 is 23.2 Å². The first-order valence-corrected chi connectivity index (χ1v) is 6.30. The fraction of sp³-hybridized carbons (Fsp3) is 0.154. The summed E-state index contributed by atoms with van der Waals surface area (Å²) in [6.45, 7) is 0. The molecular weight excluding hydrogens is 312 g/mol. The van der Waals surface area contributed by atoms with Crippen LogP contribution < -0.4 is 5.32 Å². The number of rotatable bonds is 2. The van der Waals surface area contributed by atoms with Gasteiger partial charge in [-0.1, -0.05) is 35.3 Å². The zero-order valence-corrected chi connectivity index (χ0v) is 11.7. The summed E-state index contributed by atoms with van der Waals surface area (Å²) in [5.74, 6) is 0.103. The Morgan fingerprint density at radius 3 is 2.45 bits per heavy atom. The van der Waals surface area contributed by atoms with Gasteiger partial charge in [-0.15, -0.1) is 0 Å². The summed E-state index contributed by atoms with van der Waals surface area (Å²) in [4.78, 5) is 4.08. The number of halogens is 5. The highest BCUT2D eigenvalue weighted by molar-refractivity contribution is 6.43. The Balaban J connectivity index is 2.65. The minimum atomic E-state index is -4.46. The van der Waals surface area contributed by atoms with Gasteiger partial charge in [0.05, 0.1) is 21.3 Å². The predicted octanol–water partition coefficient (Wildman–Crippen LogP) is 5.12. The van der Waals surface area contributed by atoms with E-state index in [9.17, 15) is 13.2 Å². The molecule has 0 amide bonds. The molecule has 1 heterocycles. The lowest BCUT2D eigenvalue weighted by Crippen LogP contribution is -2.07. The van der Waals surface area contributed by atoms with E-state index in [1.54, 1.807) is 18.2 Å². The van der Waals surface area contributed by atoms with E-state index >= 15 is 0 Å². The van der Waals surface area contributed by atoms with Gasteiger partial charge in [-0.05, 0) is 18.2 Å². The highest BCUT2D eigenvalue weighted by atomic mass is 35.5. The van der Waals surface area contributed by atoms with Crippen LogP contribution in [0.1, 0.15) is 5.56 Å². The summed E-state index contributed by atoms with van der Waals surface area (Å²) in [6.07, 6.45) is -4.46. The largest absolute Gasteiger partial charge is 0.416 e. The molecule has 106 valence electrons. The molecule has 2 rings (SSSR count). The van der Waals surface area contributed by atoms with Crippen LogP contribution in [0.2, 0.25) is 10.0 Å². The second-order valence-corrected chi connectivity index (χ2v) is 4.76. The third-order valence-corrected chi connectivity index (χ3v) is 3.46. The molecule has 2 aromatic rings. The molecule has 0 aliphatic carbocycles. The van der Waals surface area contributed by atoms with Crippen molar-refractivity contribution in [3.8, 4) is 11.3 Å². The fourth-order valence-corrected chi connectivity index (χ4v) is 2.06. The first-order chi connectivity index (χ1) is 9.32. The van der Waals surface area contributed by atoms with Crippen molar-refractivity contribution in [2.75, 3.05) is 12.4 Å². The monoisotopic (exact) mass is 320 g/mol. The average molecular weight is 321 g/mol. The van der Waals surface area contributed by atoms with Crippen molar-refractivity contribution in [3.63, 3.8) is 0 Å². The molecule has 0 saturated carbocycles. The molecule has 0 aliphatic rings. The van der Waals surface area contributed by atoms with Crippen molar-refractivity contribution < 1.29 is 13.2 Å². The maximum Gasteiger partial charge on any atom is 0.416 e. The van der Waals surface area contributed by atoms with Crippen molar-refractivity contribution in [2.24, 2.45) is 0 Å². The van der Waals surface area contributed by atoms with Crippen LogP contribution in [-0.4, -0.2) is 12.0 Å². The van der Waals surface area contributed by atoms with Crippen molar-refractivity contribution in [3.05, 3.63) is 45.9 Å². The summed E-state index contributed by atoms with van der Waals surface area (Å²) in [5, 5.41) is 3.02. The lowest BCUT2D eigenvalue weighted by Gasteiger charge is -2.12. The third kappa shape index (κ3) is 2.99. The maximum atomic E-state index is 12.9. The third-order valence-electron chi connectivity index (χ3n) is 2.64. The molecule has 0 bridgehead atoms. The van der Waals surface area contributed by atoms with Crippen molar-refractivity contribution in [1.29, 1.82) is 0 Å². The normalized spacial score (nSPS) is 11.5. The van der Waals surface area contributed by atoms with Crippen LogP contribution in [0.3, 0.4) is 0 Å². The van der Waals surface area contributed by atoms with Gasteiger partial charge in [-0.25, -0.2) is 4.98 Å². The van der Waals surface area contributed by atoms with Crippen LogP contribution in [0.4, 0.5) is 19.0 Å². The van der Waals surface area contributed by atoms with Gasteiger partial charge >= 0.3 is 6.18 Å². The van der Waals surface area contributed by atoms with E-state index in [1.807, 2.05) is 0 Å². The number of hydrogen-bond acceptors (Lipinski definition) is 2. The smallest absolute Gasteiger partial charge is 0.373 e. The van der Waals surface area contributed by atoms with Crippen LogP contribution in [-0.2, 0) is 6.18 Å². The number of alkyl halides is 3. The van der Waals surface area contributed by atoms with Crippen molar-refractivity contribution in [2.45, 2.75) is 6.18 Å². The lowest BCUT2D eigenvalue weighted by molar-refractivity contribution is -0.137. The SMILES string of the molecule is CNc1cc(C(F)(F)F)cc(-c2cccc(Cl)c2Cl)n1. The van der Waals surface area contributed by atoms with Crippen LogP contribution in [0.5, 0.6) is 0 Å². The van der Waals surface area contributed by atoms with Gasteiger partial charge in [0.25, 0.3) is 0 Å². The Labute approximate surface area is 123 Å². The van der Waals surface area contributed by atoms with E-state index in [2.05, 4.69) is 10.3 Å². The molecule has 0 spiro atoms. The summed E-state index contributed by atoms with van der Waals surface area (Å²) in [7, 11) is 1.49. The fourth-order valence-electron chi connectivity index (χ4n) is 1.66. The first-order valence-electron chi connectivity index (χ1n) is 5.54. The Hall–Kier alpha value is -1.46. The molecule has 2 nitrogen and oxygen atoms in total. The number of hydrogen-bond donors (Lipinski definition) is 1. The molecule has 0 unspecified atom stereocenters. The molecule has 0 atom stereocenters. The van der Waals surface area contributed by atoms with E-state index in [0.717, 1.165) is 12.1 Å².